The predicted octanol–water partition coefficient (Wildman–Crippen LogP) is 0.714. The van der Waals surface area contributed by atoms with E-state index in [1.165, 1.54) is 0 Å². The summed E-state index contributed by atoms with van der Waals surface area (Å²) in [4.78, 5) is 13.9. The zero-order chi connectivity index (χ0) is 11.7. The number of piperidine rings is 1. The number of rotatable bonds is 1. The van der Waals surface area contributed by atoms with Gasteiger partial charge in [0.05, 0.1) is 0 Å². The van der Waals surface area contributed by atoms with Gasteiger partial charge in [-0.2, -0.15) is 5.10 Å². The number of hydrogen-bond acceptors (Lipinski definition) is 3. The zero-order valence-corrected chi connectivity index (χ0v) is 11.0. The molecule has 0 aromatic carbocycles. The number of aryl methyl sites for hydroxylation is 2. The van der Waals surface area contributed by atoms with Crippen LogP contribution in [-0.4, -0.2) is 39.7 Å². The summed E-state index contributed by atoms with van der Waals surface area (Å²) >= 11 is 0. The summed E-state index contributed by atoms with van der Waals surface area (Å²) in [6, 6.07) is 1.94. The lowest BCUT2D eigenvalue weighted by atomic mass is 10.1. The molecule has 96 valence electrons. The molecule has 1 amide bonds. The maximum atomic E-state index is 12.1. The van der Waals surface area contributed by atoms with Gasteiger partial charge in [0.25, 0.3) is 5.91 Å². The minimum absolute atomic E-state index is 0. The first kappa shape index (κ1) is 14.0. The standard InChI is InChI=1S/C11H18N4O.ClH/c1-8-6-10(13-14(8)2)11(16)15-5-3-4-9(12)7-15;/h6,9H,3-5,7,12H2,1-2H3;1H/t9-;/m1./s1. The van der Waals surface area contributed by atoms with Crippen molar-refractivity contribution in [2.45, 2.75) is 25.8 Å². The minimum Gasteiger partial charge on any atom is -0.336 e. The first-order chi connectivity index (χ1) is 7.58. The maximum Gasteiger partial charge on any atom is 0.274 e. The summed E-state index contributed by atoms with van der Waals surface area (Å²) in [5.41, 5.74) is 7.37. The van der Waals surface area contributed by atoms with Crippen molar-refractivity contribution < 1.29 is 4.79 Å². The van der Waals surface area contributed by atoms with Crippen LogP contribution in [-0.2, 0) is 7.05 Å². The Morgan fingerprint density at radius 1 is 1.59 bits per heavy atom. The molecular formula is C11H19ClN4O. The van der Waals surface area contributed by atoms with Crippen LogP contribution >= 0.6 is 12.4 Å². The predicted molar refractivity (Wildman–Crippen MR) is 68.3 cm³/mol. The van der Waals surface area contributed by atoms with Gasteiger partial charge in [0.2, 0.25) is 0 Å². The topological polar surface area (TPSA) is 64.2 Å². The van der Waals surface area contributed by atoms with Crippen molar-refractivity contribution in [1.82, 2.24) is 14.7 Å². The minimum atomic E-state index is -0.00106. The van der Waals surface area contributed by atoms with Crippen molar-refractivity contribution in [2.75, 3.05) is 13.1 Å². The molecule has 1 aromatic rings. The lowest BCUT2D eigenvalue weighted by Crippen LogP contribution is -2.45. The molecule has 1 fully saturated rings. The lowest BCUT2D eigenvalue weighted by molar-refractivity contribution is 0.0702. The quantitative estimate of drug-likeness (QED) is 0.807. The van der Waals surface area contributed by atoms with Gasteiger partial charge in [-0.25, -0.2) is 0 Å². The van der Waals surface area contributed by atoms with E-state index in [1.54, 1.807) is 9.58 Å². The number of hydrogen-bond donors (Lipinski definition) is 1. The Bertz CT molecular complexity index is 385. The largest absolute Gasteiger partial charge is 0.336 e. The van der Waals surface area contributed by atoms with Crippen LogP contribution in [0, 0.1) is 6.92 Å². The Kier molecular flexibility index (Phi) is 4.54. The second-order valence-corrected chi connectivity index (χ2v) is 4.45. The number of carbonyl (C=O) groups is 1. The van der Waals surface area contributed by atoms with Gasteiger partial charge in [-0.05, 0) is 25.8 Å². The van der Waals surface area contributed by atoms with Gasteiger partial charge < -0.3 is 10.6 Å². The number of carbonyl (C=O) groups excluding carboxylic acids is 1. The molecule has 0 bridgehead atoms. The molecule has 1 aliphatic heterocycles. The van der Waals surface area contributed by atoms with Gasteiger partial charge in [0, 0.05) is 31.9 Å². The highest BCUT2D eigenvalue weighted by Crippen LogP contribution is 2.12. The van der Waals surface area contributed by atoms with Crippen molar-refractivity contribution in [3.8, 4) is 0 Å². The molecule has 2 heterocycles. The van der Waals surface area contributed by atoms with E-state index in [4.69, 9.17) is 5.73 Å². The highest BCUT2D eigenvalue weighted by Gasteiger charge is 2.24. The second kappa shape index (κ2) is 5.51. The highest BCUT2D eigenvalue weighted by atomic mass is 35.5. The van der Waals surface area contributed by atoms with E-state index in [2.05, 4.69) is 5.10 Å². The molecule has 0 radical (unpaired) electrons. The normalized spacial score (nSPS) is 19.9. The smallest absolute Gasteiger partial charge is 0.274 e. The Morgan fingerprint density at radius 2 is 2.29 bits per heavy atom. The van der Waals surface area contributed by atoms with Crippen molar-refractivity contribution in [3.63, 3.8) is 0 Å². The molecule has 0 spiro atoms. The van der Waals surface area contributed by atoms with E-state index < -0.39 is 0 Å². The Labute approximate surface area is 107 Å². The van der Waals surface area contributed by atoms with Gasteiger partial charge in [-0.3, -0.25) is 9.48 Å². The number of nitrogens with two attached hydrogens (primary N) is 1. The molecule has 0 aliphatic carbocycles. The van der Waals surface area contributed by atoms with Gasteiger partial charge in [-0.1, -0.05) is 0 Å². The van der Waals surface area contributed by atoms with Gasteiger partial charge in [-0.15, -0.1) is 12.4 Å². The molecule has 0 saturated carbocycles. The third-order valence-corrected chi connectivity index (χ3v) is 3.08. The third kappa shape index (κ3) is 2.98. The molecule has 2 rings (SSSR count). The second-order valence-electron chi connectivity index (χ2n) is 4.45. The average Bonchev–Trinajstić information content (AvgIpc) is 2.58. The molecule has 0 unspecified atom stereocenters. The summed E-state index contributed by atoms with van der Waals surface area (Å²) < 4.78 is 1.72. The molecule has 1 aliphatic rings. The van der Waals surface area contributed by atoms with Crippen LogP contribution in [0.4, 0.5) is 0 Å². The Hall–Kier alpha value is -1.07. The Morgan fingerprint density at radius 3 is 2.82 bits per heavy atom. The van der Waals surface area contributed by atoms with E-state index in [0.717, 1.165) is 25.1 Å². The fourth-order valence-corrected chi connectivity index (χ4v) is 2.02. The fourth-order valence-electron chi connectivity index (χ4n) is 2.02. The van der Waals surface area contributed by atoms with E-state index in [9.17, 15) is 4.79 Å². The van der Waals surface area contributed by atoms with E-state index in [1.807, 2.05) is 20.0 Å². The number of halogens is 1. The summed E-state index contributed by atoms with van der Waals surface area (Å²) in [5.74, 6) is -0.00106. The van der Waals surface area contributed by atoms with Crippen molar-refractivity contribution in [2.24, 2.45) is 12.8 Å². The molecule has 1 aromatic heterocycles. The third-order valence-electron chi connectivity index (χ3n) is 3.08. The van der Waals surface area contributed by atoms with Crippen molar-refractivity contribution in [3.05, 3.63) is 17.5 Å². The average molecular weight is 259 g/mol. The zero-order valence-electron chi connectivity index (χ0n) is 10.2. The van der Waals surface area contributed by atoms with E-state index in [0.29, 0.717) is 12.2 Å². The van der Waals surface area contributed by atoms with Crippen LogP contribution in [0.1, 0.15) is 29.0 Å². The van der Waals surface area contributed by atoms with Gasteiger partial charge >= 0.3 is 0 Å². The number of likely N-dealkylation sites (tertiary alicyclic amines) is 1. The molecule has 6 heteroatoms. The molecule has 1 saturated heterocycles. The summed E-state index contributed by atoms with van der Waals surface area (Å²) in [6.45, 7) is 3.38. The van der Waals surface area contributed by atoms with Crippen LogP contribution in [0.25, 0.3) is 0 Å². The molecule has 5 nitrogen and oxygen atoms in total. The first-order valence-corrected chi connectivity index (χ1v) is 5.63. The number of nitrogens with zero attached hydrogens (tertiary/aromatic N) is 3. The first-order valence-electron chi connectivity index (χ1n) is 5.63. The monoisotopic (exact) mass is 258 g/mol. The summed E-state index contributed by atoms with van der Waals surface area (Å²) in [5, 5.41) is 4.20. The maximum absolute atomic E-state index is 12.1. The Balaban J connectivity index is 0.00000144. The summed E-state index contributed by atoms with van der Waals surface area (Å²) in [6.07, 6.45) is 1.99. The highest BCUT2D eigenvalue weighted by molar-refractivity contribution is 5.92. The van der Waals surface area contributed by atoms with Crippen LogP contribution in [0.2, 0.25) is 0 Å². The van der Waals surface area contributed by atoms with Crippen LogP contribution in [0.3, 0.4) is 0 Å². The van der Waals surface area contributed by atoms with E-state index >= 15 is 0 Å². The number of amides is 1. The van der Waals surface area contributed by atoms with Crippen LogP contribution in [0.5, 0.6) is 0 Å². The summed E-state index contributed by atoms with van der Waals surface area (Å²) in [7, 11) is 1.84. The molecular weight excluding hydrogens is 240 g/mol. The van der Waals surface area contributed by atoms with Crippen LogP contribution in [0.15, 0.2) is 6.07 Å². The van der Waals surface area contributed by atoms with E-state index in [-0.39, 0.29) is 24.4 Å². The SMILES string of the molecule is Cc1cc(C(=O)N2CCC[C@@H](N)C2)nn1C.Cl. The van der Waals surface area contributed by atoms with Gasteiger partial charge in [0.1, 0.15) is 0 Å². The van der Waals surface area contributed by atoms with Crippen molar-refractivity contribution >= 4 is 18.3 Å². The molecule has 2 N–H and O–H groups in total. The number of aromatic nitrogens is 2. The van der Waals surface area contributed by atoms with Crippen LogP contribution < -0.4 is 5.73 Å². The lowest BCUT2D eigenvalue weighted by Gasteiger charge is -2.30. The molecule has 1 atom stereocenters. The van der Waals surface area contributed by atoms with Gasteiger partial charge in [0.15, 0.2) is 5.69 Å². The fraction of sp³-hybridized carbons (Fsp3) is 0.636. The van der Waals surface area contributed by atoms with Crippen molar-refractivity contribution in [1.29, 1.82) is 0 Å². The molecule has 17 heavy (non-hydrogen) atoms.